The third-order valence-corrected chi connectivity index (χ3v) is 5.91. The lowest BCUT2D eigenvalue weighted by Crippen LogP contribution is -2.41. The van der Waals surface area contributed by atoms with E-state index in [1.165, 1.54) is 19.4 Å². The fourth-order valence-electron chi connectivity index (χ4n) is 4.65. The number of fused-ring (bicyclic) bond motifs is 1. The normalized spacial score (nSPS) is 28.3. The average Bonchev–Trinajstić information content (AvgIpc) is 3.18. The van der Waals surface area contributed by atoms with Gasteiger partial charge in [0.05, 0.1) is 5.56 Å². The molecule has 1 aromatic heterocycles. The van der Waals surface area contributed by atoms with Crippen molar-refractivity contribution in [1.82, 2.24) is 14.8 Å². The Kier molecular flexibility index (Phi) is 4.55. The second kappa shape index (κ2) is 6.81. The van der Waals surface area contributed by atoms with E-state index in [0.717, 1.165) is 56.2 Å². The zero-order valence-electron chi connectivity index (χ0n) is 14.5. The number of rotatable bonds is 3. The highest BCUT2D eigenvalue weighted by atomic mass is 16.5. The second-order valence-corrected chi connectivity index (χ2v) is 7.51. The lowest BCUT2D eigenvalue weighted by Gasteiger charge is -2.30. The molecule has 0 N–H and O–H groups in total. The number of carbonyl (C=O) groups excluding carboxylic acids is 1. The molecule has 3 aliphatic heterocycles. The molecule has 4 rings (SSSR count). The number of aryl methyl sites for hydroxylation is 1. The van der Waals surface area contributed by atoms with Crippen molar-refractivity contribution in [2.24, 2.45) is 5.92 Å². The molecular weight excluding hydrogens is 302 g/mol. The van der Waals surface area contributed by atoms with Crippen LogP contribution in [0.2, 0.25) is 0 Å². The molecule has 0 radical (unpaired) electrons. The molecule has 3 fully saturated rings. The molecule has 24 heavy (non-hydrogen) atoms. The Labute approximate surface area is 144 Å². The van der Waals surface area contributed by atoms with Gasteiger partial charge >= 0.3 is 0 Å². The Morgan fingerprint density at radius 1 is 1.17 bits per heavy atom. The van der Waals surface area contributed by atoms with Crippen LogP contribution >= 0.6 is 0 Å². The highest BCUT2D eigenvalue weighted by Crippen LogP contribution is 2.34. The molecule has 0 aromatic carbocycles. The average molecular weight is 329 g/mol. The molecule has 0 saturated carbocycles. The zero-order chi connectivity index (χ0) is 16.5. The SMILES string of the molecule is Cc1cncc(C(=O)N2CC[C@H]3[C@H]2CCN3CC2CCOCC2)c1. The smallest absolute Gasteiger partial charge is 0.255 e. The van der Waals surface area contributed by atoms with E-state index >= 15 is 0 Å². The quantitative estimate of drug-likeness (QED) is 0.852. The summed E-state index contributed by atoms with van der Waals surface area (Å²) in [5.74, 6) is 0.926. The summed E-state index contributed by atoms with van der Waals surface area (Å²) in [6, 6.07) is 2.89. The first-order valence-electron chi connectivity index (χ1n) is 9.27. The lowest BCUT2D eigenvalue weighted by molar-refractivity contribution is 0.0502. The Balaban J connectivity index is 1.41. The highest BCUT2D eigenvalue weighted by Gasteiger charge is 2.44. The maximum absolute atomic E-state index is 12.9. The van der Waals surface area contributed by atoms with E-state index in [4.69, 9.17) is 4.74 Å². The van der Waals surface area contributed by atoms with Gasteiger partial charge in [0, 0.05) is 57.3 Å². The minimum Gasteiger partial charge on any atom is -0.381 e. The molecule has 4 heterocycles. The standard InChI is InChI=1S/C19H27N3O2/c1-14-10-16(12-20-11-14)19(23)22-7-3-17-18(22)2-6-21(17)13-15-4-8-24-9-5-15/h10-12,15,17-18H,2-9,13H2,1H3/t17-,18+/m0/s1. The van der Waals surface area contributed by atoms with Gasteiger partial charge in [-0.15, -0.1) is 0 Å². The minimum atomic E-state index is 0.159. The summed E-state index contributed by atoms with van der Waals surface area (Å²) >= 11 is 0. The summed E-state index contributed by atoms with van der Waals surface area (Å²) in [5, 5.41) is 0. The predicted octanol–water partition coefficient (Wildman–Crippen LogP) is 2.11. The van der Waals surface area contributed by atoms with Gasteiger partial charge in [0.25, 0.3) is 5.91 Å². The first-order chi connectivity index (χ1) is 11.7. The second-order valence-electron chi connectivity index (χ2n) is 7.51. The lowest BCUT2D eigenvalue weighted by atomic mass is 9.99. The summed E-state index contributed by atoms with van der Waals surface area (Å²) in [7, 11) is 0. The van der Waals surface area contributed by atoms with E-state index in [2.05, 4.69) is 14.8 Å². The largest absolute Gasteiger partial charge is 0.381 e. The van der Waals surface area contributed by atoms with Crippen LogP contribution in [0.25, 0.3) is 0 Å². The van der Waals surface area contributed by atoms with Crippen molar-refractivity contribution < 1.29 is 9.53 Å². The van der Waals surface area contributed by atoms with Gasteiger partial charge in [-0.3, -0.25) is 14.7 Å². The van der Waals surface area contributed by atoms with E-state index in [1.807, 2.05) is 13.0 Å². The van der Waals surface area contributed by atoms with E-state index in [1.54, 1.807) is 12.4 Å². The summed E-state index contributed by atoms with van der Waals surface area (Å²) < 4.78 is 5.48. The van der Waals surface area contributed by atoms with Gasteiger partial charge in [-0.25, -0.2) is 0 Å². The fourth-order valence-corrected chi connectivity index (χ4v) is 4.65. The fraction of sp³-hybridized carbons (Fsp3) is 0.684. The van der Waals surface area contributed by atoms with Gasteiger partial charge in [0.1, 0.15) is 0 Å². The number of amides is 1. The van der Waals surface area contributed by atoms with Crippen LogP contribution in [-0.4, -0.2) is 65.6 Å². The topological polar surface area (TPSA) is 45.7 Å². The molecular formula is C19H27N3O2. The Hall–Kier alpha value is -1.46. The molecule has 3 saturated heterocycles. The number of nitrogens with zero attached hydrogens (tertiary/aromatic N) is 3. The van der Waals surface area contributed by atoms with Gasteiger partial charge in [-0.2, -0.15) is 0 Å². The van der Waals surface area contributed by atoms with Crippen LogP contribution in [0.4, 0.5) is 0 Å². The van der Waals surface area contributed by atoms with Crippen LogP contribution in [0.5, 0.6) is 0 Å². The molecule has 5 nitrogen and oxygen atoms in total. The van der Waals surface area contributed by atoms with Crippen LogP contribution in [0.15, 0.2) is 18.5 Å². The third-order valence-electron chi connectivity index (χ3n) is 5.91. The van der Waals surface area contributed by atoms with E-state index < -0.39 is 0 Å². The van der Waals surface area contributed by atoms with Crippen molar-refractivity contribution in [2.75, 3.05) is 32.8 Å². The maximum Gasteiger partial charge on any atom is 0.255 e. The number of pyridine rings is 1. The van der Waals surface area contributed by atoms with Crippen LogP contribution in [-0.2, 0) is 4.74 Å². The molecule has 2 atom stereocenters. The monoisotopic (exact) mass is 329 g/mol. The number of ether oxygens (including phenoxy) is 1. The molecule has 1 amide bonds. The van der Waals surface area contributed by atoms with Crippen molar-refractivity contribution >= 4 is 5.91 Å². The van der Waals surface area contributed by atoms with Crippen molar-refractivity contribution in [1.29, 1.82) is 0 Å². The van der Waals surface area contributed by atoms with Gasteiger partial charge in [0.2, 0.25) is 0 Å². The van der Waals surface area contributed by atoms with Gasteiger partial charge in [-0.05, 0) is 50.2 Å². The summed E-state index contributed by atoms with van der Waals surface area (Å²) in [6.45, 7) is 7.00. The van der Waals surface area contributed by atoms with Crippen molar-refractivity contribution in [3.63, 3.8) is 0 Å². The Morgan fingerprint density at radius 2 is 1.96 bits per heavy atom. The number of hydrogen-bond acceptors (Lipinski definition) is 4. The number of carbonyl (C=O) groups is 1. The molecule has 130 valence electrons. The van der Waals surface area contributed by atoms with Crippen LogP contribution in [0, 0.1) is 12.8 Å². The van der Waals surface area contributed by atoms with E-state index in [9.17, 15) is 4.79 Å². The van der Waals surface area contributed by atoms with E-state index in [0.29, 0.717) is 12.1 Å². The van der Waals surface area contributed by atoms with Crippen LogP contribution in [0.3, 0.4) is 0 Å². The Morgan fingerprint density at radius 3 is 2.75 bits per heavy atom. The van der Waals surface area contributed by atoms with Gasteiger partial charge < -0.3 is 9.64 Å². The van der Waals surface area contributed by atoms with Crippen LogP contribution < -0.4 is 0 Å². The molecule has 5 heteroatoms. The number of aromatic nitrogens is 1. The van der Waals surface area contributed by atoms with Crippen molar-refractivity contribution in [3.05, 3.63) is 29.6 Å². The van der Waals surface area contributed by atoms with Gasteiger partial charge in [-0.1, -0.05) is 0 Å². The predicted molar refractivity (Wildman–Crippen MR) is 91.9 cm³/mol. The highest BCUT2D eigenvalue weighted by molar-refractivity contribution is 5.94. The maximum atomic E-state index is 12.9. The first kappa shape index (κ1) is 16.0. The molecule has 0 unspecified atom stereocenters. The number of hydrogen-bond donors (Lipinski definition) is 0. The zero-order valence-corrected chi connectivity index (χ0v) is 14.5. The first-order valence-corrected chi connectivity index (χ1v) is 9.27. The Bertz CT molecular complexity index is 600. The molecule has 1 aromatic rings. The molecule has 0 bridgehead atoms. The third kappa shape index (κ3) is 3.07. The van der Waals surface area contributed by atoms with Crippen molar-refractivity contribution in [2.45, 2.75) is 44.7 Å². The van der Waals surface area contributed by atoms with Crippen LogP contribution in [0.1, 0.15) is 41.6 Å². The summed E-state index contributed by atoms with van der Waals surface area (Å²) in [4.78, 5) is 21.8. The minimum absolute atomic E-state index is 0.159. The molecule has 3 aliphatic rings. The summed E-state index contributed by atoms with van der Waals surface area (Å²) in [5.41, 5.74) is 1.78. The van der Waals surface area contributed by atoms with Gasteiger partial charge in [0.15, 0.2) is 0 Å². The van der Waals surface area contributed by atoms with E-state index in [-0.39, 0.29) is 5.91 Å². The summed E-state index contributed by atoms with van der Waals surface area (Å²) in [6.07, 6.45) is 8.10. The molecule has 0 aliphatic carbocycles. The molecule has 0 spiro atoms. The number of likely N-dealkylation sites (tertiary alicyclic amines) is 2. The van der Waals surface area contributed by atoms with Crippen molar-refractivity contribution in [3.8, 4) is 0 Å².